The number of carbonyl (C=O) groups is 2. The molecule has 1 heterocycles. The van der Waals surface area contributed by atoms with Crippen LogP contribution in [0.3, 0.4) is 0 Å². The number of nitrogens with zero attached hydrogens (tertiary/aromatic N) is 1. The van der Waals surface area contributed by atoms with Crippen LogP contribution >= 0.6 is 0 Å². The highest BCUT2D eigenvalue weighted by molar-refractivity contribution is 6.03. The standard InChI is InChI=1S/C20H26N2O3/c1-12-9-7-8-10-16(12)11-22(5)15(4)19(23)18-13(2)17(14(3)21-18)20(24)25-6/h7-10,15,21H,11H2,1-6H3/t15-/m0/s1. The number of Topliss-reactive ketones (excluding diaryl/α,β-unsaturated/α-hetero) is 1. The number of hydrogen-bond donors (Lipinski definition) is 1. The Kier molecular flexibility index (Phi) is 5.80. The molecule has 0 spiro atoms. The van der Waals surface area contributed by atoms with E-state index in [1.54, 1.807) is 13.8 Å². The van der Waals surface area contributed by atoms with Gasteiger partial charge < -0.3 is 9.72 Å². The Morgan fingerprint density at radius 1 is 1.20 bits per heavy atom. The third-order valence-electron chi connectivity index (χ3n) is 4.80. The second kappa shape index (κ2) is 7.66. The number of ether oxygens (including phenoxy) is 1. The van der Waals surface area contributed by atoms with Crippen LogP contribution in [-0.4, -0.2) is 41.8 Å². The van der Waals surface area contributed by atoms with Gasteiger partial charge >= 0.3 is 5.97 Å². The lowest BCUT2D eigenvalue weighted by molar-refractivity contribution is 0.0599. The Balaban J connectivity index is 2.22. The van der Waals surface area contributed by atoms with Crippen molar-refractivity contribution < 1.29 is 14.3 Å². The van der Waals surface area contributed by atoms with E-state index in [0.717, 1.165) is 0 Å². The zero-order chi connectivity index (χ0) is 18.7. The molecule has 25 heavy (non-hydrogen) atoms. The summed E-state index contributed by atoms with van der Waals surface area (Å²) in [6, 6.07) is 7.83. The smallest absolute Gasteiger partial charge is 0.339 e. The molecule has 0 saturated carbocycles. The van der Waals surface area contributed by atoms with Crippen molar-refractivity contribution in [1.82, 2.24) is 9.88 Å². The molecule has 5 nitrogen and oxygen atoms in total. The molecular formula is C20H26N2O3. The first-order chi connectivity index (χ1) is 11.8. The maximum atomic E-state index is 12.9. The van der Waals surface area contributed by atoms with E-state index in [1.165, 1.54) is 18.2 Å². The molecule has 1 atom stereocenters. The quantitative estimate of drug-likeness (QED) is 0.645. The van der Waals surface area contributed by atoms with E-state index >= 15 is 0 Å². The van der Waals surface area contributed by atoms with Gasteiger partial charge in [0.15, 0.2) is 5.78 Å². The number of methoxy groups -OCH3 is 1. The molecule has 0 aliphatic carbocycles. The first kappa shape index (κ1) is 18.9. The van der Waals surface area contributed by atoms with Crippen LogP contribution in [0.1, 0.15) is 50.2 Å². The fourth-order valence-electron chi connectivity index (χ4n) is 3.01. The molecule has 0 saturated heterocycles. The number of carbonyl (C=O) groups excluding carboxylic acids is 2. The molecule has 1 aromatic carbocycles. The van der Waals surface area contributed by atoms with Crippen LogP contribution in [0.5, 0.6) is 0 Å². The van der Waals surface area contributed by atoms with E-state index in [4.69, 9.17) is 4.74 Å². The summed E-state index contributed by atoms with van der Waals surface area (Å²) >= 11 is 0. The van der Waals surface area contributed by atoms with E-state index in [0.29, 0.717) is 29.1 Å². The summed E-state index contributed by atoms with van der Waals surface area (Å²) in [5, 5.41) is 0. The second-order valence-electron chi connectivity index (χ2n) is 6.50. The summed E-state index contributed by atoms with van der Waals surface area (Å²) in [5.41, 5.74) is 4.61. The van der Waals surface area contributed by atoms with E-state index < -0.39 is 5.97 Å². The largest absolute Gasteiger partial charge is 0.465 e. The predicted octanol–water partition coefficient (Wildman–Crippen LogP) is 3.43. The van der Waals surface area contributed by atoms with Gasteiger partial charge in [-0.15, -0.1) is 0 Å². The summed E-state index contributed by atoms with van der Waals surface area (Å²) in [6.45, 7) is 8.18. The topological polar surface area (TPSA) is 62.4 Å². The Bertz CT molecular complexity index is 792. The van der Waals surface area contributed by atoms with Crippen LogP contribution in [0.25, 0.3) is 0 Å². The number of benzene rings is 1. The number of aromatic nitrogens is 1. The SMILES string of the molecule is COC(=O)c1c(C)[nH]c(C(=O)[C@H](C)N(C)Cc2ccccc2C)c1C. The monoisotopic (exact) mass is 342 g/mol. The van der Waals surface area contributed by atoms with Gasteiger partial charge in [0, 0.05) is 12.2 Å². The fourth-order valence-corrected chi connectivity index (χ4v) is 3.01. The van der Waals surface area contributed by atoms with Crippen molar-refractivity contribution >= 4 is 11.8 Å². The average Bonchev–Trinajstić information content (AvgIpc) is 2.89. The molecule has 0 aliphatic rings. The zero-order valence-corrected chi connectivity index (χ0v) is 15.8. The molecule has 0 amide bonds. The Morgan fingerprint density at radius 3 is 2.44 bits per heavy atom. The number of ketones is 1. The Labute approximate surface area is 149 Å². The molecule has 0 unspecified atom stereocenters. The molecule has 0 aliphatic heterocycles. The van der Waals surface area contributed by atoms with Crippen LogP contribution in [-0.2, 0) is 11.3 Å². The molecule has 2 rings (SSSR count). The molecule has 134 valence electrons. The molecule has 2 aromatic rings. The summed E-state index contributed by atoms with van der Waals surface area (Å²) in [4.78, 5) is 29.9. The highest BCUT2D eigenvalue weighted by Crippen LogP contribution is 2.22. The first-order valence-corrected chi connectivity index (χ1v) is 8.34. The lowest BCUT2D eigenvalue weighted by Crippen LogP contribution is -2.36. The average molecular weight is 342 g/mol. The van der Waals surface area contributed by atoms with Gasteiger partial charge in [-0.25, -0.2) is 4.79 Å². The van der Waals surface area contributed by atoms with Gasteiger partial charge in [0.2, 0.25) is 0 Å². The minimum atomic E-state index is -0.425. The van der Waals surface area contributed by atoms with Crippen LogP contribution in [0.15, 0.2) is 24.3 Å². The van der Waals surface area contributed by atoms with Gasteiger partial charge in [0.25, 0.3) is 0 Å². The maximum Gasteiger partial charge on any atom is 0.339 e. The van der Waals surface area contributed by atoms with E-state index in [9.17, 15) is 9.59 Å². The van der Waals surface area contributed by atoms with Crippen LogP contribution in [0, 0.1) is 20.8 Å². The predicted molar refractivity (Wildman–Crippen MR) is 98.0 cm³/mol. The van der Waals surface area contributed by atoms with Crippen LogP contribution < -0.4 is 0 Å². The van der Waals surface area contributed by atoms with Crippen molar-refractivity contribution in [3.05, 3.63) is 57.9 Å². The highest BCUT2D eigenvalue weighted by atomic mass is 16.5. The molecular weight excluding hydrogens is 316 g/mol. The minimum absolute atomic E-state index is 0.0353. The van der Waals surface area contributed by atoms with Crippen molar-refractivity contribution in [3.8, 4) is 0 Å². The normalized spacial score (nSPS) is 12.3. The zero-order valence-electron chi connectivity index (χ0n) is 15.8. The van der Waals surface area contributed by atoms with E-state index in [2.05, 4.69) is 24.0 Å². The number of aryl methyl sites for hydroxylation is 2. The number of nitrogens with one attached hydrogen (secondary N) is 1. The van der Waals surface area contributed by atoms with E-state index in [-0.39, 0.29) is 11.8 Å². The maximum absolute atomic E-state index is 12.9. The second-order valence-corrected chi connectivity index (χ2v) is 6.50. The Morgan fingerprint density at radius 2 is 1.84 bits per heavy atom. The molecule has 0 bridgehead atoms. The molecule has 5 heteroatoms. The molecule has 1 aromatic heterocycles. The minimum Gasteiger partial charge on any atom is -0.465 e. The third kappa shape index (κ3) is 3.82. The van der Waals surface area contributed by atoms with Crippen LogP contribution in [0.4, 0.5) is 0 Å². The number of rotatable bonds is 6. The Hall–Kier alpha value is -2.40. The summed E-state index contributed by atoms with van der Waals surface area (Å²) in [6.07, 6.45) is 0. The fraction of sp³-hybridized carbons (Fsp3) is 0.400. The number of H-pyrrole nitrogens is 1. The summed E-state index contributed by atoms with van der Waals surface area (Å²) in [5.74, 6) is -0.460. The van der Waals surface area contributed by atoms with Crippen LogP contribution in [0.2, 0.25) is 0 Å². The number of hydrogen-bond acceptors (Lipinski definition) is 4. The molecule has 0 radical (unpaired) electrons. The number of aromatic amines is 1. The number of likely N-dealkylation sites (N-methyl/N-ethyl adjacent to an activating group) is 1. The van der Waals surface area contributed by atoms with E-state index in [1.807, 2.05) is 31.0 Å². The lowest BCUT2D eigenvalue weighted by Gasteiger charge is -2.24. The van der Waals surface area contributed by atoms with Gasteiger partial charge in [-0.2, -0.15) is 0 Å². The van der Waals surface area contributed by atoms with Crippen molar-refractivity contribution in [2.75, 3.05) is 14.2 Å². The number of esters is 1. The summed E-state index contributed by atoms with van der Waals surface area (Å²) in [7, 11) is 3.27. The molecule has 0 fully saturated rings. The highest BCUT2D eigenvalue weighted by Gasteiger charge is 2.27. The van der Waals surface area contributed by atoms with Crippen molar-refractivity contribution in [1.29, 1.82) is 0 Å². The van der Waals surface area contributed by atoms with Crippen molar-refractivity contribution in [2.45, 2.75) is 40.3 Å². The van der Waals surface area contributed by atoms with Gasteiger partial charge in [-0.3, -0.25) is 9.69 Å². The van der Waals surface area contributed by atoms with Crippen molar-refractivity contribution in [2.24, 2.45) is 0 Å². The van der Waals surface area contributed by atoms with Gasteiger partial charge in [-0.05, 0) is 51.4 Å². The third-order valence-corrected chi connectivity index (χ3v) is 4.80. The van der Waals surface area contributed by atoms with Crippen molar-refractivity contribution in [3.63, 3.8) is 0 Å². The first-order valence-electron chi connectivity index (χ1n) is 8.34. The summed E-state index contributed by atoms with van der Waals surface area (Å²) < 4.78 is 4.81. The van der Waals surface area contributed by atoms with Gasteiger partial charge in [0.05, 0.1) is 24.4 Å². The lowest BCUT2D eigenvalue weighted by atomic mass is 10.0. The molecule has 1 N–H and O–H groups in total. The van der Waals surface area contributed by atoms with Gasteiger partial charge in [-0.1, -0.05) is 24.3 Å². The van der Waals surface area contributed by atoms with Gasteiger partial charge in [0.1, 0.15) is 0 Å².